The van der Waals surface area contributed by atoms with E-state index >= 15 is 4.39 Å². The van der Waals surface area contributed by atoms with Crippen LogP contribution in [0.4, 0.5) is 8.78 Å². The van der Waals surface area contributed by atoms with Crippen LogP contribution in [-0.2, 0) is 21.5 Å². The van der Waals surface area contributed by atoms with Gasteiger partial charge in [-0.2, -0.15) is 0 Å². The number of rotatable bonds is 6. The SMILES string of the molecule is C=S1(=O)C2CC[C@]1(CF)C(N)=N[C@]2(C)c1cc(CC(=O)c2ncc(OC)nc2C)ccc1F. The highest BCUT2D eigenvalue weighted by molar-refractivity contribution is 8.03. The van der Waals surface area contributed by atoms with Gasteiger partial charge >= 0.3 is 0 Å². The molecule has 2 aliphatic heterocycles. The van der Waals surface area contributed by atoms with E-state index in [1.54, 1.807) is 13.8 Å². The van der Waals surface area contributed by atoms with Gasteiger partial charge in [0, 0.05) is 12.0 Å². The number of aliphatic imine (C=N–C) groups is 1. The highest BCUT2D eigenvalue weighted by Gasteiger charge is 2.61. The molecular weight excluding hydrogens is 450 g/mol. The summed E-state index contributed by atoms with van der Waals surface area (Å²) in [4.78, 5) is 25.7. The van der Waals surface area contributed by atoms with Crippen molar-refractivity contribution in [2.24, 2.45) is 10.7 Å². The Kier molecular flexibility index (Phi) is 5.55. The normalized spacial score (nSPS) is 30.7. The molecular formula is C23H26F2N4O3S. The van der Waals surface area contributed by atoms with Crippen molar-refractivity contribution < 1.29 is 22.5 Å². The van der Waals surface area contributed by atoms with Crippen molar-refractivity contribution in [2.45, 2.75) is 48.6 Å². The molecule has 1 saturated heterocycles. The van der Waals surface area contributed by atoms with E-state index in [-0.39, 0.29) is 35.7 Å². The number of fused-ring (bicyclic) bond motifs is 2. The number of hydrogen-bond donors (Lipinski definition) is 1. The van der Waals surface area contributed by atoms with E-state index in [1.165, 1.54) is 31.5 Å². The van der Waals surface area contributed by atoms with Gasteiger partial charge in [0.05, 0.1) is 24.3 Å². The first-order chi connectivity index (χ1) is 15.5. The number of methoxy groups -OCH3 is 1. The van der Waals surface area contributed by atoms with Crippen LogP contribution in [0, 0.1) is 12.7 Å². The molecule has 2 aliphatic rings. The van der Waals surface area contributed by atoms with E-state index in [0.29, 0.717) is 23.6 Å². The minimum absolute atomic E-state index is 0.0523. The van der Waals surface area contributed by atoms with Crippen molar-refractivity contribution in [3.05, 3.63) is 52.7 Å². The molecule has 176 valence electrons. The molecule has 1 aromatic heterocycles. The van der Waals surface area contributed by atoms with Gasteiger partial charge in [0.1, 0.15) is 34.3 Å². The zero-order valence-corrected chi connectivity index (χ0v) is 19.5. The number of amidine groups is 1. The van der Waals surface area contributed by atoms with Gasteiger partial charge in [-0.3, -0.25) is 14.0 Å². The number of aryl methyl sites for hydroxylation is 1. The second-order valence-electron chi connectivity index (χ2n) is 8.79. The topological polar surface area (TPSA) is 108 Å². The molecule has 0 amide bonds. The summed E-state index contributed by atoms with van der Waals surface area (Å²) < 4.78 is 46.3. The minimum Gasteiger partial charge on any atom is -0.480 e. The number of nitrogens with zero attached hydrogens (tertiary/aromatic N) is 3. The molecule has 1 fully saturated rings. The van der Waals surface area contributed by atoms with Gasteiger partial charge in [0.25, 0.3) is 0 Å². The van der Waals surface area contributed by atoms with Gasteiger partial charge in [0.2, 0.25) is 5.88 Å². The number of alkyl halides is 1. The Bertz CT molecular complexity index is 1280. The van der Waals surface area contributed by atoms with E-state index in [4.69, 9.17) is 10.5 Å². The van der Waals surface area contributed by atoms with Crippen LogP contribution >= 0.6 is 0 Å². The summed E-state index contributed by atoms with van der Waals surface area (Å²) in [5.74, 6) is 3.20. The Morgan fingerprint density at radius 1 is 1.42 bits per heavy atom. The standard InChI is InChI=1S/C23H26F2N4O3S/c1-13-20(27-11-19(28-13)32-3)17(30)10-14-5-6-16(25)15(9-14)22(2)18-7-8-23(12-24,21(26)29-22)33(18,4)31/h5-6,9,11,18H,4,7-8,10,12H2,1-3H3,(H2,26,29)/t18?,22-,23+,33?/m1/s1. The second-order valence-corrected chi connectivity index (χ2v) is 11.6. The van der Waals surface area contributed by atoms with Crippen LogP contribution in [-0.4, -0.2) is 55.4 Å². The fourth-order valence-corrected chi connectivity index (χ4v) is 8.03. The van der Waals surface area contributed by atoms with Crippen molar-refractivity contribution >= 4 is 27.0 Å². The summed E-state index contributed by atoms with van der Waals surface area (Å²) in [6.45, 7) is 2.38. The number of benzene rings is 1. The molecule has 7 nitrogen and oxygen atoms in total. The number of ketones is 1. The van der Waals surface area contributed by atoms with Crippen LogP contribution in [0.2, 0.25) is 0 Å². The largest absolute Gasteiger partial charge is 0.480 e. The number of Topliss-reactive ketones (excluding diaryl/α,β-unsaturated/α-hetero) is 1. The molecule has 0 aliphatic carbocycles. The summed E-state index contributed by atoms with van der Waals surface area (Å²) >= 11 is 0. The molecule has 4 atom stereocenters. The highest BCUT2D eigenvalue weighted by Crippen LogP contribution is 2.51. The summed E-state index contributed by atoms with van der Waals surface area (Å²) in [6.07, 6.45) is 1.91. The Morgan fingerprint density at radius 3 is 2.79 bits per heavy atom. The summed E-state index contributed by atoms with van der Waals surface area (Å²) in [6, 6.07) is 4.29. The van der Waals surface area contributed by atoms with Crippen molar-refractivity contribution in [1.29, 1.82) is 0 Å². The lowest BCUT2D eigenvalue weighted by atomic mass is 9.85. The molecule has 0 radical (unpaired) electrons. The quantitative estimate of drug-likeness (QED) is 0.507. The van der Waals surface area contributed by atoms with E-state index in [9.17, 15) is 13.4 Å². The lowest BCUT2D eigenvalue weighted by Crippen LogP contribution is -2.58. The Hall–Kier alpha value is -2.88. The first-order valence-corrected chi connectivity index (χ1v) is 12.3. The lowest BCUT2D eigenvalue weighted by molar-refractivity contribution is 0.0987. The minimum atomic E-state index is -3.05. The Morgan fingerprint density at radius 2 is 2.15 bits per heavy atom. The average molecular weight is 477 g/mol. The maximum absolute atomic E-state index is 15.1. The van der Waals surface area contributed by atoms with Crippen LogP contribution in [0.1, 0.15) is 47.1 Å². The fraction of sp³-hybridized carbons (Fsp3) is 0.435. The second kappa shape index (κ2) is 7.86. The number of nitrogens with two attached hydrogens (primary N) is 1. The summed E-state index contributed by atoms with van der Waals surface area (Å²) in [7, 11) is -1.59. The average Bonchev–Trinajstić information content (AvgIpc) is 2.98. The van der Waals surface area contributed by atoms with E-state index in [0.717, 1.165) is 0 Å². The number of carbonyl (C=O) groups excluding carboxylic acids is 1. The fourth-order valence-electron chi connectivity index (χ4n) is 5.01. The zero-order valence-electron chi connectivity index (χ0n) is 18.7. The third-order valence-electron chi connectivity index (χ3n) is 6.93. The summed E-state index contributed by atoms with van der Waals surface area (Å²) in [5, 5.41) is -0.678. The number of ether oxygens (including phenoxy) is 1. The maximum atomic E-state index is 15.1. The van der Waals surface area contributed by atoms with E-state index in [1.807, 2.05) is 0 Å². The molecule has 3 heterocycles. The molecule has 1 aromatic carbocycles. The van der Waals surface area contributed by atoms with Gasteiger partial charge in [-0.15, -0.1) is 0 Å². The number of carbonyl (C=O) groups is 1. The van der Waals surface area contributed by atoms with Crippen LogP contribution in [0.3, 0.4) is 0 Å². The molecule has 2 unspecified atom stereocenters. The molecule has 10 heteroatoms. The smallest absolute Gasteiger partial charge is 0.232 e. The molecule has 33 heavy (non-hydrogen) atoms. The number of halogens is 2. The van der Waals surface area contributed by atoms with Gasteiger partial charge < -0.3 is 10.5 Å². The zero-order chi connectivity index (χ0) is 24.2. The monoisotopic (exact) mass is 476 g/mol. The van der Waals surface area contributed by atoms with Crippen LogP contribution in [0.5, 0.6) is 5.88 Å². The van der Waals surface area contributed by atoms with Crippen molar-refractivity contribution in [3.63, 3.8) is 0 Å². The Labute approximate surface area is 191 Å². The maximum Gasteiger partial charge on any atom is 0.232 e. The highest BCUT2D eigenvalue weighted by atomic mass is 32.2. The van der Waals surface area contributed by atoms with Gasteiger partial charge in [-0.1, -0.05) is 6.07 Å². The van der Waals surface area contributed by atoms with Crippen molar-refractivity contribution in [3.8, 4) is 5.88 Å². The predicted molar refractivity (Wildman–Crippen MR) is 124 cm³/mol. The number of hydrogen-bond acceptors (Lipinski definition) is 7. The third-order valence-corrected chi connectivity index (χ3v) is 10.4. The first kappa shape index (κ1) is 23.3. The molecule has 2 aromatic rings. The van der Waals surface area contributed by atoms with Crippen LogP contribution in [0.15, 0.2) is 29.4 Å². The van der Waals surface area contributed by atoms with Crippen LogP contribution < -0.4 is 10.5 Å². The molecule has 0 spiro atoms. The Balaban J connectivity index is 1.73. The van der Waals surface area contributed by atoms with Gasteiger partial charge in [-0.05, 0) is 59.8 Å². The predicted octanol–water partition coefficient (Wildman–Crippen LogP) is 2.53. The molecule has 2 bridgehead atoms. The van der Waals surface area contributed by atoms with Crippen molar-refractivity contribution in [2.75, 3.05) is 13.8 Å². The lowest BCUT2D eigenvalue weighted by Gasteiger charge is -2.42. The number of aromatic nitrogens is 2. The summed E-state index contributed by atoms with van der Waals surface area (Å²) in [5.41, 5.74) is 6.13. The van der Waals surface area contributed by atoms with Crippen LogP contribution in [0.25, 0.3) is 0 Å². The van der Waals surface area contributed by atoms with E-state index in [2.05, 4.69) is 20.8 Å². The van der Waals surface area contributed by atoms with Gasteiger partial charge in [-0.25, -0.2) is 18.7 Å². The van der Waals surface area contributed by atoms with Crippen molar-refractivity contribution in [1.82, 2.24) is 9.97 Å². The molecule has 4 rings (SSSR count). The molecule has 2 N–H and O–H groups in total. The first-order valence-electron chi connectivity index (χ1n) is 10.5. The third kappa shape index (κ3) is 3.34. The van der Waals surface area contributed by atoms with Gasteiger partial charge in [0.15, 0.2) is 5.78 Å². The van der Waals surface area contributed by atoms with E-state index < -0.39 is 37.5 Å². The molecule has 0 saturated carbocycles.